The molecule has 0 aliphatic rings. The van der Waals surface area contributed by atoms with Crippen molar-refractivity contribution in [2.75, 3.05) is 13.2 Å². The van der Waals surface area contributed by atoms with Gasteiger partial charge in [0.1, 0.15) is 18.3 Å². The summed E-state index contributed by atoms with van der Waals surface area (Å²) in [7, 11) is 0. The van der Waals surface area contributed by atoms with E-state index in [1.807, 2.05) is 106 Å². The Morgan fingerprint density at radius 2 is 0.944 bits per heavy atom. The van der Waals surface area contributed by atoms with E-state index in [9.17, 15) is 0 Å². The standard InChI is InChI=1S/2C14H12BrClO.CH2O/c2*1-2-17-12-6-3-10(4-7-12)13-9-11(15)5-8-14(13)16;1-2/h2*3-9H,2H2,1H3;1H2. The van der Waals surface area contributed by atoms with Gasteiger partial charge in [-0.3, -0.25) is 0 Å². The van der Waals surface area contributed by atoms with Gasteiger partial charge in [0.25, 0.3) is 0 Å². The predicted octanol–water partition coefficient (Wildman–Crippen LogP) is 10.2. The number of hydrogen-bond acceptors (Lipinski definition) is 3. The molecule has 0 heterocycles. The minimum Gasteiger partial charge on any atom is -0.494 e. The molecule has 0 saturated carbocycles. The van der Waals surface area contributed by atoms with Crippen molar-refractivity contribution in [2.24, 2.45) is 0 Å². The quantitative estimate of drug-likeness (QED) is 0.208. The molecule has 0 unspecified atom stereocenters. The molecule has 0 aromatic heterocycles. The molecule has 0 atom stereocenters. The highest BCUT2D eigenvalue weighted by molar-refractivity contribution is 9.10. The van der Waals surface area contributed by atoms with Crippen molar-refractivity contribution in [3.05, 3.63) is 104 Å². The van der Waals surface area contributed by atoms with Gasteiger partial charge in [-0.05, 0) is 85.6 Å². The maximum absolute atomic E-state index is 8.00. The fourth-order valence-corrected chi connectivity index (χ4v) is 4.41. The van der Waals surface area contributed by atoms with Crippen LogP contribution in [0.5, 0.6) is 11.5 Å². The van der Waals surface area contributed by atoms with Crippen LogP contribution in [0.1, 0.15) is 13.8 Å². The highest BCUT2D eigenvalue weighted by atomic mass is 79.9. The molecule has 36 heavy (non-hydrogen) atoms. The van der Waals surface area contributed by atoms with Gasteiger partial charge in [-0.1, -0.05) is 79.3 Å². The minimum atomic E-state index is 0.678. The maximum Gasteiger partial charge on any atom is 0.119 e. The van der Waals surface area contributed by atoms with Crippen LogP contribution in [-0.4, -0.2) is 20.0 Å². The average Bonchev–Trinajstić information content (AvgIpc) is 2.90. The van der Waals surface area contributed by atoms with Crippen molar-refractivity contribution in [1.29, 1.82) is 0 Å². The molecule has 4 aromatic rings. The maximum atomic E-state index is 8.00. The predicted molar refractivity (Wildman–Crippen MR) is 159 cm³/mol. The third-order valence-corrected chi connectivity index (χ3v) is 6.46. The molecule has 0 fully saturated rings. The molecule has 0 N–H and O–H groups in total. The number of halogens is 4. The molecule has 4 rings (SSSR count). The largest absolute Gasteiger partial charge is 0.494 e. The minimum absolute atomic E-state index is 0.678. The molecule has 0 aliphatic heterocycles. The number of carbonyl (C=O) groups excluding carboxylic acids is 1. The second kappa shape index (κ2) is 15.7. The Labute approximate surface area is 239 Å². The van der Waals surface area contributed by atoms with Crippen LogP contribution in [-0.2, 0) is 4.79 Å². The Morgan fingerprint density at radius 3 is 1.25 bits per heavy atom. The highest BCUT2D eigenvalue weighted by Gasteiger charge is 2.05. The molecule has 0 saturated heterocycles. The van der Waals surface area contributed by atoms with Gasteiger partial charge < -0.3 is 14.3 Å². The zero-order valence-electron chi connectivity index (χ0n) is 19.9. The first-order chi connectivity index (χ1) is 17.4. The Bertz CT molecular complexity index is 1130. The highest BCUT2D eigenvalue weighted by Crippen LogP contribution is 2.32. The zero-order valence-corrected chi connectivity index (χ0v) is 24.6. The van der Waals surface area contributed by atoms with Crippen LogP contribution < -0.4 is 9.47 Å². The zero-order chi connectivity index (χ0) is 26.5. The van der Waals surface area contributed by atoms with Crippen LogP contribution in [0.3, 0.4) is 0 Å². The van der Waals surface area contributed by atoms with Crippen molar-refractivity contribution in [3.63, 3.8) is 0 Å². The average molecular weight is 653 g/mol. The van der Waals surface area contributed by atoms with Gasteiger partial charge in [-0.2, -0.15) is 0 Å². The van der Waals surface area contributed by atoms with Gasteiger partial charge in [0.2, 0.25) is 0 Å². The SMILES string of the molecule is C=O.CCOc1ccc(-c2cc(Br)ccc2Cl)cc1.CCOc1ccc(-c2cc(Br)ccc2Cl)cc1. The van der Waals surface area contributed by atoms with Gasteiger partial charge in [-0.15, -0.1) is 0 Å². The van der Waals surface area contributed by atoms with Gasteiger partial charge in [-0.25, -0.2) is 0 Å². The molecule has 0 radical (unpaired) electrons. The van der Waals surface area contributed by atoms with Gasteiger partial charge >= 0.3 is 0 Å². The van der Waals surface area contributed by atoms with E-state index in [0.717, 1.165) is 52.7 Å². The lowest BCUT2D eigenvalue weighted by molar-refractivity contribution is -0.0979. The van der Waals surface area contributed by atoms with Crippen molar-refractivity contribution in [2.45, 2.75) is 13.8 Å². The first-order valence-electron chi connectivity index (χ1n) is 11.1. The second-order valence-corrected chi connectivity index (χ2v) is 9.81. The van der Waals surface area contributed by atoms with E-state index in [1.54, 1.807) is 0 Å². The van der Waals surface area contributed by atoms with Gasteiger partial charge in [0.15, 0.2) is 0 Å². The molecule has 4 aromatic carbocycles. The first kappa shape index (κ1) is 29.9. The Balaban J connectivity index is 0.000000237. The van der Waals surface area contributed by atoms with Crippen LogP contribution in [0.2, 0.25) is 10.0 Å². The van der Waals surface area contributed by atoms with Crippen LogP contribution in [0.15, 0.2) is 93.9 Å². The monoisotopic (exact) mass is 650 g/mol. The summed E-state index contributed by atoms with van der Waals surface area (Å²) in [6, 6.07) is 27.5. The van der Waals surface area contributed by atoms with Crippen molar-refractivity contribution >= 4 is 61.9 Å². The number of ether oxygens (including phenoxy) is 2. The summed E-state index contributed by atoms with van der Waals surface area (Å²) < 4.78 is 12.9. The summed E-state index contributed by atoms with van der Waals surface area (Å²) in [6.07, 6.45) is 0. The van der Waals surface area contributed by atoms with E-state index in [1.165, 1.54) is 0 Å². The summed E-state index contributed by atoms with van der Waals surface area (Å²) in [4.78, 5) is 8.00. The fourth-order valence-electron chi connectivity index (χ4n) is 3.23. The number of benzene rings is 4. The molecular formula is C29H26Br2Cl2O3. The Kier molecular flexibility index (Phi) is 13.1. The summed E-state index contributed by atoms with van der Waals surface area (Å²) in [5.74, 6) is 1.75. The van der Waals surface area contributed by atoms with Crippen LogP contribution in [0.4, 0.5) is 0 Å². The fraction of sp³-hybridized carbons (Fsp3) is 0.138. The Morgan fingerprint density at radius 1 is 0.611 bits per heavy atom. The topological polar surface area (TPSA) is 35.5 Å². The Hall–Kier alpha value is -2.31. The number of hydrogen-bond donors (Lipinski definition) is 0. The van der Waals surface area contributed by atoms with E-state index >= 15 is 0 Å². The van der Waals surface area contributed by atoms with E-state index in [0.29, 0.717) is 13.2 Å². The van der Waals surface area contributed by atoms with Crippen LogP contribution in [0, 0.1) is 0 Å². The van der Waals surface area contributed by atoms with Crippen molar-refractivity contribution in [1.82, 2.24) is 0 Å². The lowest BCUT2D eigenvalue weighted by Crippen LogP contribution is -1.90. The summed E-state index contributed by atoms with van der Waals surface area (Å²) in [5, 5.41) is 1.50. The molecule has 0 bridgehead atoms. The van der Waals surface area contributed by atoms with Gasteiger partial charge in [0.05, 0.1) is 13.2 Å². The summed E-state index contributed by atoms with van der Waals surface area (Å²) in [6.45, 7) is 7.30. The molecule has 188 valence electrons. The van der Waals surface area contributed by atoms with Crippen molar-refractivity contribution < 1.29 is 14.3 Å². The summed E-state index contributed by atoms with van der Waals surface area (Å²) in [5.41, 5.74) is 4.20. The second-order valence-electron chi connectivity index (χ2n) is 7.16. The molecule has 0 amide bonds. The third-order valence-electron chi connectivity index (χ3n) is 4.81. The molecule has 0 spiro atoms. The normalized spacial score (nSPS) is 9.83. The van der Waals surface area contributed by atoms with Gasteiger partial charge in [0, 0.05) is 30.1 Å². The smallest absolute Gasteiger partial charge is 0.119 e. The van der Waals surface area contributed by atoms with E-state index in [2.05, 4.69) is 31.9 Å². The summed E-state index contributed by atoms with van der Waals surface area (Å²) >= 11 is 19.3. The third kappa shape index (κ3) is 8.97. The number of rotatable bonds is 6. The van der Waals surface area contributed by atoms with E-state index in [-0.39, 0.29) is 0 Å². The molecule has 7 heteroatoms. The molecular weight excluding hydrogens is 627 g/mol. The van der Waals surface area contributed by atoms with E-state index in [4.69, 9.17) is 37.5 Å². The number of carbonyl (C=O) groups is 1. The lowest BCUT2D eigenvalue weighted by atomic mass is 10.1. The van der Waals surface area contributed by atoms with Crippen LogP contribution >= 0.6 is 55.1 Å². The lowest BCUT2D eigenvalue weighted by Gasteiger charge is -2.07. The van der Waals surface area contributed by atoms with Crippen LogP contribution in [0.25, 0.3) is 22.3 Å². The van der Waals surface area contributed by atoms with Crippen molar-refractivity contribution in [3.8, 4) is 33.8 Å². The van der Waals surface area contributed by atoms with E-state index < -0.39 is 0 Å². The first-order valence-corrected chi connectivity index (χ1v) is 13.4. The molecule has 3 nitrogen and oxygen atoms in total. The molecule has 0 aliphatic carbocycles.